The predicted octanol–water partition coefficient (Wildman–Crippen LogP) is 2.68. The van der Waals surface area contributed by atoms with E-state index in [1.807, 2.05) is 0 Å². The molecule has 0 saturated heterocycles. The highest BCUT2D eigenvalue weighted by Gasteiger charge is 2.33. The summed E-state index contributed by atoms with van der Waals surface area (Å²) in [7, 11) is 1.14. The Balaban J connectivity index is 2.15. The molecule has 0 N–H and O–H groups in total. The van der Waals surface area contributed by atoms with Gasteiger partial charge in [0.05, 0.1) is 24.6 Å². The standard InChI is InChI=1S/C16H17ClF3N5O2/c1-3-24(14(27)10-23(2)13(26)7-16(18,19)20)12-9-25(22-15(12)17)11-5-4-6-21-8-11/h4-6,8-9H,3,7,10H2,1-2H3. The van der Waals surface area contributed by atoms with Crippen LogP contribution in [-0.2, 0) is 9.59 Å². The highest BCUT2D eigenvalue weighted by Crippen LogP contribution is 2.26. The molecule has 0 bridgehead atoms. The third-order valence-electron chi connectivity index (χ3n) is 3.62. The van der Waals surface area contributed by atoms with E-state index in [9.17, 15) is 22.8 Å². The van der Waals surface area contributed by atoms with E-state index in [2.05, 4.69) is 10.1 Å². The van der Waals surface area contributed by atoms with Crippen LogP contribution >= 0.6 is 11.6 Å². The van der Waals surface area contributed by atoms with E-state index < -0.39 is 31.0 Å². The number of anilines is 1. The van der Waals surface area contributed by atoms with Crippen molar-refractivity contribution in [1.82, 2.24) is 19.7 Å². The quantitative estimate of drug-likeness (QED) is 0.743. The van der Waals surface area contributed by atoms with Crippen molar-refractivity contribution in [2.45, 2.75) is 19.5 Å². The number of aromatic nitrogens is 3. The van der Waals surface area contributed by atoms with Crippen molar-refractivity contribution in [3.63, 3.8) is 0 Å². The van der Waals surface area contributed by atoms with Gasteiger partial charge in [0, 0.05) is 19.8 Å². The lowest BCUT2D eigenvalue weighted by Crippen LogP contribution is -2.42. The second-order valence-electron chi connectivity index (χ2n) is 5.64. The highest BCUT2D eigenvalue weighted by atomic mass is 35.5. The summed E-state index contributed by atoms with van der Waals surface area (Å²) in [6.45, 7) is 1.35. The van der Waals surface area contributed by atoms with E-state index in [4.69, 9.17) is 11.6 Å². The van der Waals surface area contributed by atoms with Gasteiger partial charge in [-0.15, -0.1) is 0 Å². The molecule has 0 atom stereocenters. The number of carbonyl (C=O) groups is 2. The Bertz CT molecular complexity index is 810. The Hall–Kier alpha value is -2.62. The average molecular weight is 404 g/mol. The van der Waals surface area contributed by atoms with Crippen LogP contribution in [0.4, 0.5) is 18.9 Å². The topological polar surface area (TPSA) is 71.3 Å². The number of alkyl halides is 3. The number of hydrogen-bond donors (Lipinski definition) is 0. The lowest BCUT2D eigenvalue weighted by molar-refractivity contribution is -0.161. The Morgan fingerprint density at radius 1 is 1.30 bits per heavy atom. The molecule has 2 rings (SSSR count). The van der Waals surface area contributed by atoms with Gasteiger partial charge in [-0.25, -0.2) is 4.68 Å². The Morgan fingerprint density at radius 2 is 2.00 bits per heavy atom. The molecule has 11 heteroatoms. The number of carbonyl (C=O) groups excluding carboxylic acids is 2. The van der Waals surface area contributed by atoms with Crippen molar-refractivity contribution in [1.29, 1.82) is 0 Å². The molecule has 146 valence electrons. The fraction of sp³-hybridized carbons (Fsp3) is 0.375. The lowest BCUT2D eigenvalue weighted by Gasteiger charge is -2.24. The summed E-state index contributed by atoms with van der Waals surface area (Å²) in [5.41, 5.74) is 0.899. The van der Waals surface area contributed by atoms with E-state index in [0.717, 1.165) is 11.9 Å². The summed E-state index contributed by atoms with van der Waals surface area (Å²) < 4.78 is 38.4. The minimum atomic E-state index is -4.63. The van der Waals surface area contributed by atoms with Crippen LogP contribution < -0.4 is 4.90 Å². The smallest absolute Gasteiger partial charge is 0.336 e. The maximum atomic E-state index is 12.5. The van der Waals surface area contributed by atoms with Gasteiger partial charge in [-0.05, 0) is 19.1 Å². The Morgan fingerprint density at radius 3 is 2.56 bits per heavy atom. The first-order valence-corrected chi connectivity index (χ1v) is 8.26. The Labute approximate surface area is 158 Å². The molecule has 27 heavy (non-hydrogen) atoms. The molecule has 0 aliphatic heterocycles. The van der Waals surface area contributed by atoms with Crippen LogP contribution in [0.15, 0.2) is 30.7 Å². The normalized spacial score (nSPS) is 11.3. The fourth-order valence-electron chi connectivity index (χ4n) is 2.31. The minimum Gasteiger partial charge on any atom is -0.336 e. The minimum absolute atomic E-state index is 0.0401. The number of amides is 2. The van der Waals surface area contributed by atoms with Crippen molar-refractivity contribution >= 4 is 29.1 Å². The van der Waals surface area contributed by atoms with Crippen LogP contribution in [0.25, 0.3) is 5.69 Å². The van der Waals surface area contributed by atoms with E-state index in [1.54, 1.807) is 31.5 Å². The second-order valence-corrected chi connectivity index (χ2v) is 6.00. The van der Waals surface area contributed by atoms with E-state index >= 15 is 0 Å². The van der Waals surface area contributed by atoms with Crippen LogP contribution in [0.3, 0.4) is 0 Å². The number of likely N-dealkylation sites (N-methyl/N-ethyl adjacent to an activating group) is 2. The summed E-state index contributed by atoms with van der Waals surface area (Å²) >= 11 is 6.12. The van der Waals surface area contributed by atoms with Gasteiger partial charge in [0.1, 0.15) is 12.1 Å². The summed E-state index contributed by atoms with van der Waals surface area (Å²) in [5, 5.41) is 4.15. The van der Waals surface area contributed by atoms with Crippen molar-refractivity contribution < 1.29 is 22.8 Å². The second kappa shape index (κ2) is 8.38. The number of pyridine rings is 1. The van der Waals surface area contributed by atoms with Gasteiger partial charge in [0.15, 0.2) is 5.15 Å². The van der Waals surface area contributed by atoms with Gasteiger partial charge in [0.25, 0.3) is 0 Å². The van der Waals surface area contributed by atoms with Crippen molar-refractivity contribution in [2.75, 3.05) is 25.0 Å². The van der Waals surface area contributed by atoms with Crippen molar-refractivity contribution in [2.24, 2.45) is 0 Å². The summed E-state index contributed by atoms with van der Waals surface area (Å²) in [4.78, 5) is 30.0. The molecule has 7 nitrogen and oxygen atoms in total. The number of halogens is 4. The maximum Gasteiger partial charge on any atom is 0.397 e. The first-order valence-electron chi connectivity index (χ1n) is 7.89. The third kappa shape index (κ3) is 5.43. The van der Waals surface area contributed by atoms with E-state index in [-0.39, 0.29) is 17.4 Å². The van der Waals surface area contributed by atoms with Crippen LogP contribution in [-0.4, -0.2) is 57.8 Å². The van der Waals surface area contributed by atoms with Crippen molar-refractivity contribution in [3.05, 3.63) is 35.9 Å². The summed E-state index contributed by atoms with van der Waals surface area (Å²) in [5.74, 6) is -1.77. The molecular weight excluding hydrogens is 387 g/mol. The zero-order chi connectivity index (χ0) is 20.2. The molecule has 2 heterocycles. The van der Waals surface area contributed by atoms with Gasteiger partial charge in [-0.3, -0.25) is 14.6 Å². The molecule has 2 aromatic heterocycles. The molecule has 0 aliphatic rings. The zero-order valence-corrected chi connectivity index (χ0v) is 15.3. The van der Waals surface area contributed by atoms with Gasteiger partial charge >= 0.3 is 6.18 Å². The fourth-order valence-corrected chi connectivity index (χ4v) is 2.54. The molecule has 0 aliphatic carbocycles. The van der Waals surface area contributed by atoms with E-state index in [1.165, 1.54) is 15.8 Å². The van der Waals surface area contributed by atoms with Gasteiger partial charge in [-0.2, -0.15) is 18.3 Å². The number of rotatable bonds is 6. The molecule has 0 saturated carbocycles. The molecule has 0 fully saturated rings. The highest BCUT2D eigenvalue weighted by molar-refractivity contribution is 6.32. The predicted molar refractivity (Wildman–Crippen MR) is 92.7 cm³/mol. The van der Waals surface area contributed by atoms with Crippen LogP contribution in [0.1, 0.15) is 13.3 Å². The molecule has 2 amide bonds. The summed E-state index contributed by atoms with van der Waals surface area (Å²) in [6.07, 6.45) is -1.60. The molecule has 0 radical (unpaired) electrons. The van der Waals surface area contributed by atoms with Gasteiger partial charge < -0.3 is 9.80 Å². The van der Waals surface area contributed by atoms with Gasteiger partial charge in [-0.1, -0.05) is 11.6 Å². The monoisotopic (exact) mass is 403 g/mol. The SMILES string of the molecule is CCN(C(=O)CN(C)C(=O)CC(F)(F)F)c1cn(-c2cccnc2)nc1Cl. The van der Waals surface area contributed by atoms with E-state index in [0.29, 0.717) is 5.69 Å². The lowest BCUT2D eigenvalue weighted by atomic mass is 10.3. The third-order valence-corrected chi connectivity index (χ3v) is 3.89. The molecule has 0 unspecified atom stereocenters. The molecule has 0 aromatic carbocycles. The van der Waals surface area contributed by atoms with Crippen LogP contribution in [0.2, 0.25) is 5.15 Å². The van der Waals surface area contributed by atoms with Crippen LogP contribution in [0.5, 0.6) is 0 Å². The first kappa shape index (κ1) is 20.7. The first-order chi connectivity index (χ1) is 12.6. The zero-order valence-electron chi connectivity index (χ0n) is 14.6. The van der Waals surface area contributed by atoms with Crippen LogP contribution in [0, 0.1) is 0 Å². The maximum absolute atomic E-state index is 12.5. The number of nitrogens with zero attached hydrogens (tertiary/aromatic N) is 5. The Kier molecular flexibility index (Phi) is 6.42. The average Bonchev–Trinajstić information content (AvgIpc) is 2.96. The number of hydrogen-bond acceptors (Lipinski definition) is 4. The molecular formula is C16H17ClF3N5O2. The largest absolute Gasteiger partial charge is 0.397 e. The summed E-state index contributed by atoms with van der Waals surface area (Å²) in [6, 6.07) is 3.44. The molecule has 2 aromatic rings. The van der Waals surface area contributed by atoms with Crippen molar-refractivity contribution in [3.8, 4) is 5.69 Å². The molecule has 0 spiro atoms. The van der Waals surface area contributed by atoms with Gasteiger partial charge in [0.2, 0.25) is 11.8 Å².